The molecule has 0 saturated carbocycles. The Bertz CT molecular complexity index is 1210. The molecule has 2 unspecified atom stereocenters. The molecule has 0 fully saturated rings. The second-order valence-corrected chi connectivity index (χ2v) is 7.60. The smallest absolute Gasteiger partial charge is 0.332 e. The van der Waals surface area contributed by atoms with Crippen molar-refractivity contribution in [1.82, 2.24) is 18.7 Å². The summed E-state index contributed by atoms with van der Waals surface area (Å²) in [6.45, 7) is 2.26. The number of phenols is 2. The fraction of sp³-hybridized carbons (Fsp3) is 0.421. The Morgan fingerprint density at radius 3 is 2.67 bits per heavy atom. The van der Waals surface area contributed by atoms with E-state index in [0.29, 0.717) is 54.9 Å². The third kappa shape index (κ3) is 3.57. The van der Waals surface area contributed by atoms with E-state index in [1.54, 1.807) is 17.9 Å². The van der Waals surface area contributed by atoms with Crippen molar-refractivity contribution in [2.24, 2.45) is 14.1 Å². The Labute approximate surface area is 177 Å². The number of imidazole rings is 1. The van der Waals surface area contributed by atoms with Crippen molar-refractivity contribution >= 4 is 11.2 Å². The number of aromatic hydroxyl groups is 2. The quantitative estimate of drug-likeness (QED) is 0.325. The highest BCUT2D eigenvalue weighted by Gasteiger charge is 2.29. The lowest BCUT2D eigenvalue weighted by atomic mass is 9.96. The molecule has 1 aliphatic rings. The van der Waals surface area contributed by atoms with Gasteiger partial charge in [-0.1, -0.05) is 0 Å². The van der Waals surface area contributed by atoms with E-state index < -0.39 is 11.8 Å². The predicted octanol–water partition coefficient (Wildman–Crippen LogP) is -4.63. The molecule has 0 aliphatic carbocycles. The molecule has 4 N–H and O–H groups in total. The van der Waals surface area contributed by atoms with Gasteiger partial charge in [-0.15, -0.1) is 0 Å². The lowest BCUT2D eigenvalue weighted by Crippen LogP contribution is -3.12. The Kier molecular flexibility index (Phi) is 5.93. The molecule has 0 amide bonds. The van der Waals surface area contributed by atoms with Crippen LogP contribution in [0, 0.1) is 0 Å². The largest absolute Gasteiger partial charge is 1.00 e. The van der Waals surface area contributed by atoms with E-state index in [0.717, 1.165) is 9.47 Å². The summed E-state index contributed by atoms with van der Waals surface area (Å²) in [4.78, 5) is 29.8. The number of halogens is 1. The van der Waals surface area contributed by atoms with Crippen molar-refractivity contribution < 1.29 is 32.6 Å². The number of hydrogen-bond acceptors (Lipinski definition) is 6. The third-order valence-corrected chi connectivity index (χ3v) is 5.66. The molecule has 0 saturated heterocycles. The zero-order chi connectivity index (χ0) is 20.9. The summed E-state index contributed by atoms with van der Waals surface area (Å²) < 4.78 is 4.18. The molecule has 0 bridgehead atoms. The van der Waals surface area contributed by atoms with Gasteiger partial charge in [-0.25, -0.2) is 9.78 Å². The summed E-state index contributed by atoms with van der Waals surface area (Å²) >= 11 is 0. The van der Waals surface area contributed by atoms with Crippen LogP contribution in [-0.2, 0) is 27.2 Å². The number of nitrogens with one attached hydrogen (secondary N) is 1. The van der Waals surface area contributed by atoms with Crippen LogP contribution in [0.2, 0.25) is 0 Å². The Balaban J connectivity index is 0.00000256. The molecule has 0 radical (unpaired) electrons. The van der Waals surface area contributed by atoms with Crippen molar-refractivity contribution in [2.75, 3.05) is 13.1 Å². The Morgan fingerprint density at radius 2 is 1.93 bits per heavy atom. The van der Waals surface area contributed by atoms with Crippen molar-refractivity contribution in [2.45, 2.75) is 25.6 Å². The average molecular weight is 438 g/mol. The number of fused-ring (bicyclic) bond motifs is 2. The number of phenolic OH excluding ortho intramolecular Hbond substituents is 2. The fourth-order valence-electron chi connectivity index (χ4n) is 4.12. The summed E-state index contributed by atoms with van der Waals surface area (Å²) in [7, 11) is 3.03. The van der Waals surface area contributed by atoms with E-state index in [1.165, 1.54) is 23.7 Å². The molecular formula is C19H24ClN5O5. The summed E-state index contributed by atoms with van der Waals surface area (Å²) in [6, 6.07) is 2.78. The number of aryl methyl sites for hydroxylation is 2. The number of aromatic nitrogens is 4. The first kappa shape index (κ1) is 21.9. The summed E-state index contributed by atoms with van der Waals surface area (Å²) in [5, 5.41) is 30.1. The van der Waals surface area contributed by atoms with Crippen LogP contribution >= 0.6 is 0 Å². The van der Waals surface area contributed by atoms with E-state index in [1.807, 2.05) is 0 Å². The van der Waals surface area contributed by atoms with Crippen LogP contribution in [0.25, 0.3) is 11.2 Å². The monoisotopic (exact) mass is 437 g/mol. The Morgan fingerprint density at radius 1 is 1.20 bits per heavy atom. The summed E-state index contributed by atoms with van der Waals surface area (Å²) in [5.41, 5.74) is 1.17. The molecule has 1 aromatic carbocycles. The molecule has 2 aromatic heterocycles. The first-order valence-electron chi connectivity index (χ1n) is 9.45. The van der Waals surface area contributed by atoms with Gasteiger partial charge in [0.1, 0.15) is 30.7 Å². The van der Waals surface area contributed by atoms with Crippen LogP contribution in [0.15, 0.2) is 28.0 Å². The number of rotatable bonds is 4. The van der Waals surface area contributed by atoms with Gasteiger partial charge in [0.05, 0.1) is 18.4 Å². The van der Waals surface area contributed by atoms with Gasteiger partial charge in [-0.2, -0.15) is 0 Å². The van der Waals surface area contributed by atoms with Gasteiger partial charge >= 0.3 is 5.69 Å². The summed E-state index contributed by atoms with van der Waals surface area (Å²) in [6.07, 6.45) is 1.52. The van der Waals surface area contributed by atoms with Crippen molar-refractivity contribution in [3.63, 3.8) is 0 Å². The minimum absolute atomic E-state index is 0. The number of quaternary nitrogens is 1. The van der Waals surface area contributed by atoms with Crippen LogP contribution in [0.1, 0.15) is 23.7 Å². The van der Waals surface area contributed by atoms with Crippen LogP contribution in [0.3, 0.4) is 0 Å². The predicted molar refractivity (Wildman–Crippen MR) is 104 cm³/mol. The second-order valence-electron chi connectivity index (χ2n) is 7.60. The van der Waals surface area contributed by atoms with Gasteiger partial charge in [-0.3, -0.25) is 13.9 Å². The van der Waals surface area contributed by atoms with Crippen LogP contribution in [0.4, 0.5) is 0 Å². The van der Waals surface area contributed by atoms with Crippen LogP contribution in [-0.4, -0.2) is 47.1 Å². The molecule has 4 rings (SSSR count). The van der Waals surface area contributed by atoms with E-state index in [4.69, 9.17) is 0 Å². The van der Waals surface area contributed by atoms with Gasteiger partial charge in [0.15, 0.2) is 11.2 Å². The van der Waals surface area contributed by atoms with E-state index in [2.05, 4.69) is 4.98 Å². The maximum absolute atomic E-state index is 12.5. The van der Waals surface area contributed by atoms with Crippen LogP contribution < -0.4 is 28.6 Å². The average Bonchev–Trinajstić information content (AvgIpc) is 3.10. The fourth-order valence-corrected chi connectivity index (χ4v) is 4.12. The third-order valence-electron chi connectivity index (χ3n) is 5.66. The highest BCUT2D eigenvalue weighted by molar-refractivity contribution is 5.69. The standard InChI is InChI=1S/C19H23N5O5.ClH/c1-21-17-16(18(28)22(2)19(21)29)24(10-20-17)5-3-4-23-8-13-12(15(27)9-23)6-11(25)7-14(13)26;/h6-7,10,15,25-27H,3-5,8-9H2,1-2H3;1H. The number of aliphatic hydroxyl groups excluding tert-OH is 1. The van der Waals surface area contributed by atoms with E-state index in [-0.39, 0.29) is 29.5 Å². The molecular weight excluding hydrogens is 414 g/mol. The maximum atomic E-state index is 12.5. The molecule has 2 atom stereocenters. The maximum Gasteiger partial charge on any atom is 0.332 e. The number of hydrogen-bond donors (Lipinski definition) is 4. The molecule has 3 heterocycles. The van der Waals surface area contributed by atoms with E-state index in [9.17, 15) is 24.9 Å². The van der Waals surface area contributed by atoms with Gasteiger partial charge in [0.25, 0.3) is 5.56 Å². The SMILES string of the molecule is Cn1c(=O)c2c(ncn2CCC[NH+]2Cc3c(O)cc(O)cc3C(O)C2)n(C)c1=O.[Cl-]. The zero-order valence-corrected chi connectivity index (χ0v) is 17.4. The topological polar surface area (TPSA) is 127 Å². The molecule has 162 valence electrons. The summed E-state index contributed by atoms with van der Waals surface area (Å²) in [5.74, 6) is -0.0759. The first-order valence-corrected chi connectivity index (χ1v) is 9.45. The van der Waals surface area contributed by atoms with Gasteiger partial charge < -0.3 is 37.2 Å². The zero-order valence-electron chi connectivity index (χ0n) is 16.7. The van der Waals surface area contributed by atoms with Crippen LogP contribution in [0.5, 0.6) is 11.5 Å². The first-order chi connectivity index (χ1) is 13.8. The van der Waals surface area contributed by atoms with Crippen molar-refractivity contribution in [1.29, 1.82) is 0 Å². The number of benzene rings is 1. The lowest BCUT2D eigenvalue weighted by molar-refractivity contribution is -0.920. The number of aliphatic hydroxyl groups is 1. The molecule has 11 heteroatoms. The van der Waals surface area contributed by atoms with Crippen molar-refractivity contribution in [3.05, 3.63) is 50.4 Å². The number of nitrogens with zero attached hydrogens (tertiary/aromatic N) is 4. The van der Waals surface area contributed by atoms with Gasteiger partial charge in [0, 0.05) is 38.7 Å². The Hall–Kier alpha value is -2.82. The molecule has 10 nitrogen and oxygen atoms in total. The van der Waals surface area contributed by atoms with Gasteiger partial charge in [-0.05, 0) is 6.07 Å². The minimum Gasteiger partial charge on any atom is -1.00 e. The minimum atomic E-state index is -0.761. The van der Waals surface area contributed by atoms with Crippen molar-refractivity contribution in [3.8, 4) is 11.5 Å². The normalized spacial score (nSPS) is 18.2. The highest BCUT2D eigenvalue weighted by atomic mass is 35.5. The van der Waals surface area contributed by atoms with E-state index >= 15 is 0 Å². The molecule has 1 aliphatic heterocycles. The lowest BCUT2D eigenvalue weighted by Gasteiger charge is -2.30. The van der Waals surface area contributed by atoms with Gasteiger partial charge in [0.2, 0.25) is 0 Å². The molecule has 0 spiro atoms. The molecule has 30 heavy (non-hydrogen) atoms. The highest BCUT2D eigenvalue weighted by Crippen LogP contribution is 2.31. The second kappa shape index (κ2) is 8.13. The molecule has 3 aromatic rings.